The Bertz CT molecular complexity index is 448. The van der Waals surface area contributed by atoms with Crippen molar-refractivity contribution in [2.75, 3.05) is 18.9 Å². The van der Waals surface area contributed by atoms with E-state index < -0.39 is 12.0 Å². The zero-order chi connectivity index (χ0) is 13.0. The molecule has 0 radical (unpaired) electrons. The molecule has 5 nitrogen and oxygen atoms in total. The zero-order valence-corrected chi connectivity index (χ0v) is 11.1. The van der Waals surface area contributed by atoms with Gasteiger partial charge in [-0.2, -0.15) is 0 Å². The quantitative estimate of drug-likeness (QED) is 0.900. The minimum absolute atomic E-state index is 0.332. The normalized spacial score (nSPS) is 9.82. The number of amides is 2. The number of benzene rings is 1. The van der Waals surface area contributed by atoms with Crippen LogP contribution in [0.15, 0.2) is 22.7 Å². The Labute approximate surface area is 108 Å². The molecule has 2 N–H and O–H groups in total. The lowest BCUT2D eigenvalue weighted by Crippen LogP contribution is -2.35. The number of carbonyl (C=O) groups is 2. The summed E-state index contributed by atoms with van der Waals surface area (Å²) in [6, 6.07) is 4.91. The standard InChI is InChI=1S/C11H13BrN2O3/c1-7-5-8(3-4-9(7)12)13-11(17)14(2)6-10(15)16/h3-5H,6H2,1-2H3,(H,13,17)(H,15,16). The molecule has 0 unspecified atom stereocenters. The fourth-order valence-electron chi connectivity index (χ4n) is 1.22. The van der Waals surface area contributed by atoms with Crippen LogP contribution in [0.3, 0.4) is 0 Å². The molecule has 0 saturated carbocycles. The summed E-state index contributed by atoms with van der Waals surface area (Å²) in [4.78, 5) is 23.1. The maximum Gasteiger partial charge on any atom is 0.323 e. The first kappa shape index (κ1) is 13.5. The molecular weight excluding hydrogens is 288 g/mol. The van der Waals surface area contributed by atoms with Crippen molar-refractivity contribution in [3.05, 3.63) is 28.2 Å². The molecule has 0 aromatic heterocycles. The first-order valence-corrected chi connectivity index (χ1v) is 5.69. The second kappa shape index (κ2) is 5.67. The van der Waals surface area contributed by atoms with E-state index in [2.05, 4.69) is 21.2 Å². The summed E-state index contributed by atoms with van der Waals surface area (Å²) in [6.07, 6.45) is 0. The molecule has 0 bridgehead atoms. The Hall–Kier alpha value is -1.56. The van der Waals surface area contributed by atoms with Crippen LogP contribution in [-0.2, 0) is 4.79 Å². The topological polar surface area (TPSA) is 69.6 Å². The number of likely N-dealkylation sites (N-methyl/N-ethyl adjacent to an activating group) is 1. The van der Waals surface area contributed by atoms with Crippen LogP contribution in [0.5, 0.6) is 0 Å². The molecule has 0 aliphatic carbocycles. The van der Waals surface area contributed by atoms with Gasteiger partial charge in [0, 0.05) is 17.2 Å². The smallest absolute Gasteiger partial charge is 0.323 e. The molecule has 0 spiro atoms. The molecule has 2 amide bonds. The third kappa shape index (κ3) is 4.07. The lowest BCUT2D eigenvalue weighted by molar-refractivity contribution is -0.137. The number of carbonyl (C=O) groups excluding carboxylic acids is 1. The van der Waals surface area contributed by atoms with Gasteiger partial charge in [-0.05, 0) is 30.7 Å². The Kier molecular flexibility index (Phi) is 4.51. The number of hydrogen-bond donors (Lipinski definition) is 2. The number of rotatable bonds is 3. The van der Waals surface area contributed by atoms with Crippen molar-refractivity contribution in [2.45, 2.75) is 6.92 Å². The van der Waals surface area contributed by atoms with Gasteiger partial charge in [0.1, 0.15) is 6.54 Å². The van der Waals surface area contributed by atoms with Crippen LogP contribution in [0.25, 0.3) is 0 Å². The average molecular weight is 301 g/mol. The summed E-state index contributed by atoms with van der Waals surface area (Å²) >= 11 is 3.36. The number of nitrogens with one attached hydrogen (secondary N) is 1. The van der Waals surface area contributed by atoms with Gasteiger partial charge in [-0.1, -0.05) is 15.9 Å². The summed E-state index contributed by atoms with van der Waals surface area (Å²) in [5.74, 6) is -1.05. The number of aliphatic carboxylic acids is 1. The maximum atomic E-state index is 11.6. The van der Waals surface area contributed by atoms with E-state index in [-0.39, 0.29) is 6.54 Å². The van der Waals surface area contributed by atoms with E-state index in [9.17, 15) is 9.59 Å². The first-order chi connectivity index (χ1) is 7.90. The van der Waals surface area contributed by atoms with Crippen LogP contribution in [0.2, 0.25) is 0 Å². The van der Waals surface area contributed by atoms with E-state index in [1.54, 1.807) is 12.1 Å². The van der Waals surface area contributed by atoms with Gasteiger partial charge in [-0.15, -0.1) is 0 Å². The van der Waals surface area contributed by atoms with Crippen molar-refractivity contribution in [1.82, 2.24) is 4.90 Å². The number of hydrogen-bond acceptors (Lipinski definition) is 2. The predicted molar refractivity (Wildman–Crippen MR) is 68.2 cm³/mol. The second-order valence-corrected chi connectivity index (χ2v) is 4.50. The molecule has 17 heavy (non-hydrogen) atoms. The number of anilines is 1. The van der Waals surface area contributed by atoms with E-state index >= 15 is 0 Å². The Morgan fingerprint density at radius 1 is 1.47 bits per heavy atom. The van der Waals surface area contributed by atoms with Crippen molar-refractivity contribution in [3.63, 3.8) is 0 Å². The lowest BCUT2D eigenvalue weighted by atomic mass is 10.2. The first-order valence-electron chi connectivity index (χ1n) is 4.90. The van der Waals surface area contributed by atoms with E-state index in [1.807, 2.05) is 13.0 Å². The summed E-state index contributed by atoms with van der Waals surface area (Å²) in [7, 11) is 1.43. The molecule has 1 aromatic carbocycles. The van der Waals surface area contributed by atoms with E-state index in [1.165, 1.54) is 7.05 Å². The molecule has 0 heterocycles. The van der Waals surface area contributed by atoms with Crippen LogP contribution in [-0.4, -0.2) is 35.6 Å². The third-order valence-corrected chi connectivity index (χ3v) is 3.02. The average Bonchev–Trinajstić information content (AvgIpc) is 2.22. The molecular formula is C11H13BrN2O3. The van der Waals surface area contributed by atoms with Crippen molar-refractivity contribution >= 4 is 33.6 Å². The molecule has 6 heteroatoms. The summed E-state index contributed by atoms with van der Waals surface area (Å²) < 4.78 is 0.953. The zero-order valence-electron chi connectivity index (χ0n) is 9.53. The van der Waals surface area contributed by atoms with Crippen molar-refractivity contribution in [3.8, 4) is 0 Å². The van der Waals surface area contributed by atoms with Gasteiger partial charge < -0.3 is 15.3 Å². The molecule has 0 atom stereocenters. The molecule has 1 aromatic rings. The molecule has 92 valence electrons. The molecule has 1 rings (SSSR count). The summed E-state index contributed by atoms with van der Waals surface area (Å²) in [6.45, 7) is 1.57. The van der Waals surface area contributed by atoms with Crippen LogP contribution < -0.4 is 5.32 Å². The van der Waals surface area contributed by atoms with Gasteiger partial charge in [-0.25, -0.2) is 4.79 Å². The number of halogens is 1. The SMILES string of the molecule is Cc1cc(NC(=O)N(C)CC(=O)O)ccc1Br. The Morgan fingerprint density at radius 3 is 2.65 bits per heavy atom. The lowest BCUT2D eigenvalue weighted by Gasteiger charge is -2.15. The highest BCUT2D eigenvalue weighted by Crippen LogP contribution is 2.20. The number of carboxylic acid groups (broad SMARTS) is 1. The molecule has 0 aliphatic heterocycles. The fraction of sp³-hybridized carbons (Fsp3) is 0.273. The monoisotopic (exact) mass is 300 g/mol. The minimum Gasteiger partial charge on any atom is -0.480 e. The largest absolute Gasteiger partial charge is 0.480 e. The third-order valence-electron chi connectivity index (χ3n) is 2.13. The number of urea groups is 1. The van der Waals surface area contributed by atoms with Crippen molar-refractivity contribution in [2.24, 2.45) is 0 Å². The number of nitrogens with zero attached hydrogens (tertiary/aromatic N) is 1. The second-order valence-electron chi connectivity index (χ2n) is 3.64. The summed E-state index contributed by atoms with van der Waals surface area (Å²) in [5.41, 5.74) is 1.62. The van der Waals surface area contributed by atoms with Gasteiger partial charge in [0.25, 0.3) is 0 Å². The molecule has 0 fully saturated rings. The van der Waals surface area contributed by atoms with Gasteiger partial charge in [0.2, 0.25) is 0 Å². The van der Waals surface area contributed by atoms with E-state index in [0.717, 1.165) is 14.9 Å². The number of carboxylic acids is 1. The fourth-order valence-corrected chi connectivity index (χ4v) is 1.46. The summed E-state index contributed by atoms with van der Waals surface area (Å²) in [5, 5.41) is 11.2. The highest BCUT2D eigenvalue weighted by Gasteiger charge is 2.12. The van der Waals surface area contributed by atoms with Crippen LogP contribution in [0.4, 0.5) is 10.5 Å². The highest BCUT2D eigenvalue weighted by atomic mass is 79.9. The van der Waals surface area contributed by atoms with E-state index in [4.69, 9.17) is 5.11 Å². The minimum atomic E-state index is -1.05. The van der Waals surface area contributed by atoms with Crippen LogP contribution in [0, 0.1) is 6.92 Å². The maximum absolute atomic E-state index is 11.6. The predicted octanol–water partition coefficient (Wildman–Crippen LogP) is 2.31. The molecule has 0 saturated heterocycles. The number of aryl methyl sites for hydroxylation is 1. The van der Waals surface area contributed by atoms with Crippen molar-refractivity contribution < 1.29 is 14.7 Å². The van der Waals surface area contributed by atoms with Crippen LogP contribution >= 0.6 is 15.9 Å². The Morgan fingerprint density at radius 2 is 2.12 bits per heavy atom. The van der Waals surface area contributed by atoms with Crippen LogP contribution in [0.1, 0.15) is 5.56 Å². The van der Waals surface area contributed by atoms with Gasteiger partial charge >= 0.3 is 12.0 Å². The van der Waals surface area contributed by atoms with Crippen molar-refractivity contribution in [1.29, 1.82) is 0 Å². The van der Waals surface area contributed by atoms with E-state index in [0.29, 0.717) is 5.69 Å². The van der Waals surface area contributed by atoms with Gasteiger partial charge in [0.15, 0.2) is 0 Å². The molecule has 0 aliphatic rings. The Balaban J connectivity index is 2.67. The van der Waals surface area contributed by atoms with Gasteiger partial charge in [-0.3, -0.25) is 4.79 Å². The highest BCUT2D eigenvalue weighted by molar-refractivity contribution is 9.10. The van der Waals surface area contributed by atoms with Gasteiger partial charge in [0.05, 0.1) is 0 Å².